The predicted molar refractivity (Wildman–Crippen MR) is 82.5 cm³/mol. The Morgan fingerprint density at radius 2 is 2.14 bits per heavy atom. The molecule has 0 aliphatic heterocycles. The van der Waals surface area contributed by atoms with E-state index in [1.165, 1.54) is 0 Å². The van der Waals surface area contributed by atoms with Crippen molar-refractivity contribution >= 4 is 22.9 Å². The van der Waals surface area contributed by atoms with Crippen molar-refractivity contribution in [3.8, 4) is 0 Å². The normalized spacial score (nSPS) is 11.8. The van der Waals surface area contributed by atoms with Gasteiger partial charge in [-0.25, -0.2) is 0 Å². The quantitative estimate of drug-likeness (QED) is 0.719. The van der Waals surface area contributed by atoms with Crippen LogP contribution in [0.15, 0.2) is 58.8 Å². The highest BCUT2D eigenvalue weighted by Gasteiger charge is 2.07. The number of fused-ring (bicyclic) bond motifs is 1. The van der Waals surface area contributed by atoms with Gasteiger partial charge in [-0.3, -0.25) is 4.79 Å². The lowest BCUT2D eigenvalue weighted by Crippen LogP contribution is -2.23. The van der Waals surface area contributed by atoms with E-state index in [1.54, 1.807) is 19.3 Å². The molecular weight excluding hydrogens is 264 g/mol. The number of para-hydroxylation sites is 1. The lowest BCUT2D eigenvalue weighted by Gasteiger charge is -2.03. The third-order valence-electron chi connectivity index (χ3n) is 3.35. The summed E-state index contributed by atoms with van der Waals surface area (Å²) in [6, 6.07) is 11.6. The van der Waals surface area contributed by atoms with Crippen LogP contribution in [0.2, 0.25) is 0 Å². The van der Waals surface area contributed by atoms with Gasteiger partial charge in [0.05, 0.1) is 12.8 Å². The van der Waals surface area contributed by atoms with Gasteiger partial charge in [-0.2, -0.15) is 0 Å². The van der Waals surface area contributed by atoms with Gasteiger partial charge in [-0.05, 0) is 31.2 Å². The first-order valence-corrected chi connectivity index (χ1v) is 6.79. The molecule has 0 saturated heterocycles. The van der Waals surface area contributed by atoms with E-state index in [0.29, 0.717) is 12.1 Å². The molecule has 0 unspecified atom stereocenters. The number of carbonyl (C=O) groups is 1. The number of aromatic nitrogens is 1. The lowest BCUT2D eigenvalue weighted by molar-refractivity contribution is -0.117. The molecule has 2 aromatic heterocycles. The van der Waals surface area contributed by atoms with E-state index in [9.17, 15) is 4.79 Å². The standard InChI is InChI=1S/C17H16N2O2/c1-12(17(20)19-11-14-5-4-8-21-14)9-13-10-18-16-7-3-2-6-15(13)16/h2-10,18H,11H2,1H3,(H,19,20)/b12-9+. The maximum atomic E-state index is 12.1. The summed E-state index contributed by atoms with van der Waals surface area (Å²) < 4.78 is 5.19. The molecule has 0 radical (unpaired) electrons. The highest BCUT2D eigenvalue weighted by molar-refractivity contribution is 6.00. The average molecular weight is 280 g/mol. The van der Waals surface area contributed by atoms with Crippen molar-refractivity contribution in [2.75, 3.05) is 0 Å². The highest BCUT2D eigenvalue weighted by Crippen LogP contribution is 2.20. The minimum Gasteiger partial charge on any atom is -0.467 e. The monoisotopic (exact) mass is 280 g/mol. The first-order valence-electron chi connectivity index (χ1n) is 6.79. The molecule has 0 aliphatic carbocycles. The number of benzene rings is 1. The van der Waals surface area contributed by atoms with E-state index in [4.69, 9.17) is 4.42 Å². The van der Waals surface area contributed by atoms with Crippen LogP contribution in [-0.4, -0.2) is 10.9 Å². The van der Waals surface area contributed by atoms with Gasteiger partial charge < -0.3 is 14.7 Å². The van der Waals surface area contributed by atoms with Crippen molar-refractivity contribution < 1.29 is 9.21 Å². The van der Waals surface area contributed by atoms with Gasteiger partial charge >= 0.3 is 0 Å². The Morgan fingerprint density at radius 3 is 2.95 bits per heavy atom. The van der Waals surface area contributed by atoms with E-state index >= 15 is 0 Å². The first kappa shape index (κ1) is 13.2. The highest BCUT2D eigenvalue weighted by atomic mass is 16.3. The molecule has 106 valence electrons. The van der Waals surface area contributed by atoms with Crippen molar-refractivity contribution in [2.24, 2.45) is 0 Å². The Kier molecular flexibility index (Phi) is 3.60. The Hall–Kier alpha value is -2.75. The second-order valence-corrected chi connectivity index (χ2v) is 4.88. The topological polar surface area (TPSA) is 58.0 Å². The Balaban J connectivity index is 1.74. The molecule has 0 atom stereocenters. The number of carbonyl (C=O) groups excluding carboxylic acids is 1. The molecule has 4 nitrogen and oxygen atoms in total. The molecule has 0 spiro atoms. The molecule has 2 N–H and O–H groups in total. The summed E-state index contributed by atoms with van der Waals surface area (Å²) in [5.41, 5.74) is 2.73. The number of H-pyrrole nitrogens is 1. The first-order chi connectivity index (χ1) is 10.2. The number of amides is 1. The van der Waals surface area contributed by atoms with Gasteiger partial charge in [0.25, 0.3) is 0 Å². The van der Waals surface area contributed by atoms with Gasteiger partial charge in [-0.1, -0.05) is 18.2 Å². The third-order valence-corrected chi connectivity index (χ3v) is 3.35. The van der Waals surface area contributed by atoms with E-state index in [2.05, 4.69) is 10.3 Å². The summed E-state index contributed by atoms with van der Waals surface area (Å²) in [7, 11) is 0. The van der Waals surface area contributed by atoms with Crippen LogP contribution in [0.25, 0.3) is 17.0 Å². The number of nitrogens with one attached hydrogen (secondary N) is 2. The fourth-order valence-corrected chi connectivity index (χ4v) is 2.23. The van der Waals surface area contributed by atoms with Crippen LogP contribution in [0.1, 0.15) is 18.2 Å². The summed E-state index contributed by atoms with van der Waals surface area (Å²) in [6.07, 6.45) is 5.39. The molecule has 0 aliphatic rings. The van der Waals surface area contributed by atoms with Crippen LogP contribution < -0.4 is 5.32 Å². The molecule has 2 heterocycles. The van der Waals surface area contributed by atoms with E-state index < -0.39 is 0 Å². The van der Waals surface area contributed by atoms with Crippen LogP contribution in [0.5, 0.6) is 0 Å². The van der Waals surface area contributed by atoms with Crippen molar-refractivity contribution in [1.82, 2.24) is 10.3 Å². The van der Waals surface area contributed by atoms with Crippen molar-refractivity contribution in [1.29, 1.82) is 0 Å². The second kappa shape index (κ2) is 5.71. The molecule has 1 aromatic carbocycles. The number of hydrogen-bond acceptors (Lipinski definition) is 2. The third kappa shape index (κ3) is 2.89. The summed E-state index contributed by atoms with van der Waals surface area (Å²) in [5.74, 6) is 0.639. The molecule has 3 rings (SSSR count). The van der Waals surface area contributed by atoms with Crippen LogP contribution in [0.3, 0.4) is 0 Å². The SMILES string of the molecule is C/C(=C\c1c[nH]c2ccccc12)C(=O)NCc1ccco1. The van der Waals surface area contributed by atoms with Crippen molar-refractivity contribution in [3.63, 3.8) is 0 Å². The van der Waals surface area contributed by atoms with Crippen LogP contribution in [-0.2, 0) is 11.3 Å². The zero-order valence-electron chi connectivity index (χ0n) is 11.7. The van der Waals surface area contributed by atoms with Gasteiger partial charge in [0, 0.05) is 28.2 Å². The number of hydrogen-bond donors (Lipinski definition) is 2. The van der Waals surface area contributed by atoms with Crippen LogP contribution >= 0.6 is 0 Å². The van der Waals surface area contributed by atoms with Gasteiger partial charge in [0.2, 0.25) is 5.91 Å². The maximum Gasteiger partial charge on any atom is 0.247 e. The van der Waals surface area contributed by atoms with Gasteiger partial charge in [0.15, 0.2) is 0 Å². The van der Waals surface area contributed by atoms with Crippen molar-refractivity contribution in [2.45, 2.75) is 13.5 Å². The fourth-order valence-electron chi connectivity index (χ4n) is 2.23. The van der Waals surface area contributed by atoms with Crippen LogP contribution in [0, 0.1) is 0 Å². The molecule has 0 fully saturated rings. The Morgan fingerprint density at radius 1 is 1.29 bits per heavy atom. The molecule has 1 amide bonds. The summed E-state index contributed by atoms with van der Waals surface area (Å²) in [6.45, 7) is 2.20. The molecular formula is C17H16N2O2. The largest absolute Gasteiger partial charge is 0.467 e. The minimum absolute atomic E-state index is 0.100. The predicted octanol–water partition coefficient (Wildman–Crippen LogP) is 3.48. The zero-order chi connectivity index (χ0) is 14.7. The second-order valence-electron chi connectivity index (χ2n) is 4.88. The number of furan rings is 1. The van der Waals surface area contributed by atoms with Crippen molar-refractivity contribution in [3.05, 3.63) is 65.8 Å². The fraction of sp³-hybridized carbons (Fsp3) is 0.118. The van der Waals surface area contributed by atoms with Gasteiger partial charge in [-0.15, -0.1) is 0 Å². The Labute approximate surface area is 122 Å². The lowest BCUT2D eigenvalue weighted by atomic mass is 10.1. The summed E-state index contributed by atoms with van der Waals surface area (Å²) in [4.78, 5) is 15.3. The zero-order valence-corrected chi connectivity index (χ0v) is 11.7. The molecule has 3 aromatic rings. The number of rotatable bonds is 4. The Bertz CT molecular complexity index is 782. The van der Waals surface area contributed by atoms with Crippen LogP contribution in [0.4, 0.5) is 0 Å². The summed E-state index contributed by atoms with van der Waals surface area (Å²) in [5, 5.41) is 3.94. The minimum atomic E-state index is -0.100. The smallest absolute Gasteiger partial charge is 0.247 e. The molecule has 0 bridgehead atoms. The summed E-state index contributed by atoms with van der Waals surface area (Å²) >= 11 is 0. The average Bonchev–Trinajstić information content (AvgIpc) is 3.15. The maximum absolute atomic E-state index is 12.1. The molecule has 0 saturated carbocycles. The van der Waals surface area contributed by atoms with E-state index in [0.717, 1.165) is 22.2 Å². The number of aromatic amines is 1. The molecule has 21 heavy (non-hydrogen) atoms. The molecule has 4 heteroatoms. The van der Waals surface area contributed by atoms with E-state index in [1.807, 2.05) is 42.6 Å². The van der Waals surface area contributed by atoms with E-state index in [-0.39, 0.29) is 5.91 Å². The van der Waals surface area contributed by atoms with Gasteiger partial charge in [0.1, 0.15) is 5.76 Å².